The van der Waals surface area contributed by atoms with Crippen molar-refractivity contribution in [2.75, 3.05) is 20.8 Å². The van der Waals surface area contributed by atoms with Crippen molar-refractivity contribution in [3.8, 4) is 11.5 Å². The second-order valence-electron chi connectivity index (χ2n) is 5.11. The maximum absolute atomic E-state index is 12.1. The Morgan fingerprint density at radius 3 is 2.52 bits per heavy atom. The quantitative estimate of drug-likeness (QED) is 0.820. The van der Waals surface area contributed by atoms with Crippen LogP contribution in [0.25, 0.3) is 0 Å². The lowest BCUT2D eigenvalue weighted by Gasteiger charge is -2.14. The number of nitrogens with two attached hydrogens (primary N) is 1. The fourth-order valence-electron chi connectivity index (χ4n) is 2.32. The molecule has 0 radical (unpaired) electrons. The van der Waals surface area contributed by atoms with Gasteiger partial charge in [0.1, 0.15) is 17.5 Å². The van der Waals surface area contributed by atoms with Crippen LogP contribution >= 0.6 is 0 Å². The largest absolute Gasteiger partial charge is 0.497 e. The van der Waals surface area contributed by atoms with Crippen LogP contribution in [0.2, 0.25) is 0 Å². The molecule has 0 aliphatic rings. The molecule has 2 rings (SSSR count). The highest BCUT2D eigenvalue weighted by Gasteiger charge is 2.15. The Morgan fingerprint density at radius 2 is 1.87 bits per heavy atom. The molecule has 0 saturated heterocycles. The molecular weight excluding hydrogens is 292 g/mol. The molecule has 0 bridgehead atoms. The minimum absolute atomic E-state index is 0.196. The molecule has 0 fully saturated rings. The lowest BCUT2D eigenvalue weighted by Crippen LogP contribution is -2.35. The zero-order chi connectivity index (χ0) is 16.7. The van der Waals surface area contributed by atoms with Crippen LogP contribution in [0.15, 0.2) is 48.5 Å². The van der Waals surface area contributed by atoms with E-state index in [1.807, 2.05) is 48.5 Å². The monoisotopic (exact) mass is 314 g/mol. The van der Waals surface area contributed by atoms with Crippen LogP contribution in [0, 0.1) is 0 Å². The summed E-state index contributed by atoms with van der Waals surface area (Å²) in [5.74, 6) is 1.33. The summed E-state index contributed by atoms with van der Waals surface area (Å²) in [4.78, 5) is 12.1. The van der Waals surface area contributed by atoms with Crippen molar-refractivity contribution < 1.29 is 14.3 Å². The molecule has 5 nitrogen and oxygen atoms in total. The molecule has 0 aliphatic carbocycles. The third-order valence-corrected chi connectivity index (χ3v) is 3.62. The van der Waals surface area contributed by atoms with Gasteiger partial charge in [0.2, 0.25) is 5.91 Å². The van der Waals surface area contributed by atoms with Gasteiger partial charge >= 0.3 is 0 Å². The van der Waals surface area contributed by atoms with E-state index in [1.165, 1.54) is 0 Å². The summed E-state index contributed by atoms with van der Waals surface area (Å²) in [5.41, 5.74) is 7.73. The molecule has 0 aliphatic heterocycles. The fourth-order valence-corrected chi connectivity index (χ4v) is 2.32. The number of methoxy groups -OCH3 is 2. The number of rotatable bonds is 7. The number of hydrogen-bond donors (Lipinski definition) is 2. The van der Waals surface area contributed by atoms with Gasteiger partial charge in [0.25, 0.3) is 0 Å². The molecule has 0 aromatic heterocycles. The van der Waals surface area contributed by atoms with E-state index >= 15 is 0 Å². The van der Waals surface area contributed by atoms with E-state index in [4.69, 9.17) is 15.2 Å². The first kappa shape index (κ1) is 16.8. The molecule has 5 heteroatoms. The normalized spacial score (nSPS) is 11.6. The van der Waals surface area contributed by atoms with E-state index in [1.54, 1.807) is 14.2 Å². The Hall–Kier alpha value is -2.53. The van der Waals surface area contributed by atoms with Crippen LogP contribution in [-0.2, 0) is 11.2 Å². The second kappa shape index (κ2) is 8.19. The van der Waals surface area contributed by atoms with Crippen LogP contribution in [0.1, 0.15) is 17.2 Å². The number of benzene rings is 2. The van der Waals surface area contributed by atoms with Crippen LogP contribution < -0.4 is 20.5 Å². The molecule has 1 amide bonds. The van der Waals surface area contributed by atoms with Gasteiger partial charge in [0.15, 0.2) is 0 Å². The Labute approximate surface area is 136 Å². The topological polar surface area (TPSA) is 73.6 Å². The zero-order valence-corrected chi connectivity index (χ0v) is 13.4. The minimum Gasteiger partial charge on any atom is -0.497 e. The molecule has 0 unspecified atom stereocenters. The molecule has 1 atom stereocenters. The van der Waals surface area contributed by atoms with Gasteiger partial charge in [-0.3, -0.25) is 4.79 Å². The van der Waals surface area contributed by atoms with E-state index in [0.717, 1.165) is 22.6 Å². The first-order valence-corrected chi connectivity index (χ1v) is 7.45. The highest BCUT2D eigenvalue weighted by molar-refractivity contribution is 5.82. The standard InChI is InChI=1S/C18H22N2O3/c1-22-15-8-9-16(23-2)14(12-15)10-11-20-18(21)17(19)13-6-4-3-5-7-13/h3-9,12,17H,10-11,19H2,1-2H3,(H,20,21)/t17-/m0/s1. The molecule has 2 aromatic rings. The van der Waals surface area contributed by atoms with E-state index in [2.05, 4.69) is 5.32 Å². The molecule has 0 heterocycles. The molecule has 0 saturated carbocycles. The predicted molar refractivity (Wildman–Crippen MR) is 89.6 cm³/mol. The third kappa shape index (κ3) is 4.47. The van der Waals surface area contributed by atoms with E-state index in [-0.39, 0.29) is 5.91 Å². The number of ether oxygens (including phenoxy) is 2. The lowest BCUT2D eigenvalue weighted by atomic mass is 10.1. The van der Waals surface area contributed by atoms with Gasteiger partial charge < -0.3 is 20.5 Å². The molecule has 0 spiro atoms. The van der Waals surface area contributed by atoms with Gasteiger partial charge in [-0.2, -0.15) is 0 Å². The Kier molecular flexibility index (Phi) is 6.00. The highest BCUT2D eigenvalue weighted by Crippen LogP contribution is 2.24. The molecular formula is C18H22N2O3. The number of nitrogens with one attached hydrogen (secondary N) is 1. The first-order valence-electron chi connectivity index (χ1n) is 7.45. The van der Waals surface area contributed by atoms with E-state index in [9.17, 15) is 4.79 Å². The van der Waals surface area contributed by atoms with Crippen molar-refractivity contribution in [3.63, 3.8) is 0 Å². The summed E-state index contributed by atoms with van der Waals surface area (Å²) in [6.07, 6.45) is 0.633. The van der Waals surface area contributed by atoms with Crippen molar-refractivity contribution in [3.05, 3.63) is 59.7 Å². The summed E-state index contributed by atoms with van der Waals surface area (Å²) in [5, 5.41) is 2.86. The highest BCUT2D eigenvalue weighted by atomic mass is 16.5. The average molecular weight is 314 g/mol. The lowest BCUT2D eigenvalue weighted by molar-refractivity contribution is -0.122. The van der Waals surface area contributed by atoms with Crippen molar-refractivity contribution in [2.45, 2.75) is 12.5 Å². The second-order valence-corrected chi connectivity index (χ2v) is 5.11. The van der Waals surface area contributed by atoms with Crippen molar-refractivity contribution in [1.29, 1.82) is 0 Å². The van der Waals surface area contributed by atoms with E-state index in [0.29, 0.717) is 13.0 Å². The molecule has 3 N–H and O–H groups in total. The summed E-state index contributed by atoms with van der Waals surface area (Å²) in [6, 6.07) is 14.2. The van der Waals surface area contributed by atoms with Crippen LogP contribution in [0.4, 0.5) is 0 Å². The summed E-state index contributed by atoms with van der Waals surface area (Å²) >= 11 is 0. The zero-order valence-electron chi connectivity index (χ0n) is 13.4. The summed E-state index contributed by atoms with van der Waals surface area (Å²) in [6.45, 7) is 0.475. The molecule has 122 valence electrons. The van der Waals surface area contributed by atoms with Gasteiger partial charge in [-0.05, 0) is 35.7 Å². The van der Waals surface area contributed by atoms with Crippen LogP contribution in [0.3, 0.4) is 0 Å². The molecule has 2 aromatic carbocycles. The number of carbonyl (C=O) groups is 1. The van der Waals surface area contributed by atoms with Gasteiger partial charge in [-0.25, -0.2) is 0 Å². The van der Waals surface area contributed by atoms with Gasteiger partial charge in [-0.15, -0.1) is 0 Å². The fraction of sp³-hybridized carbons (Fsp3) is 0.278. The third-order valence-electron chi connectivity index (χ3n) is 3.62. The maximum Gasteiger partial charge on any atom is 0.241 e. The SMILES string of the molecule is COc1ccc(OC)c(CCNC(=O)[C@@H](N)c2ccccc2)c1. The van der Waals surface area contributed by atoms with Gasteiger partial charge in [0, 0.05) is 6.54 Å². The van der Waals surface area contributed by atoms with Crippen LogP contribution in [-0.4, -0.2) is 26.7 Å². The Balaban J connectivity index is 1.93. The van der Waals surface area contributed by atoms with Crippen molar-refractivity contribution in [2.24, 2.45) is 5.73 Å². The number of carbonyl (C=O) groups excluding carboxylic acids is 1. The van der Waals surface area contributed by atoms with Crippen molar-refractivity contribution in [1.82, 2.24) is 5.32 Å². The smallest absolute Gasteiger partial charge is 0.241 e. The number of amides is 1. The predicted octanol–water partition coefficient (Wildman–Crippen LogP) is 2.06. The van der Waals surface area contributed by atoms with E-state index < -0.39 is 6.04 Å². The Morgan fingerprint density at radius 1 is 1.13 bits per heavy atom. The number of hydrogen-bond acceptors (Lipinski definition) is 4. The average Bonchev–Trinajstić information content (AvgIpc) is 2.61. The summed E-state index contributed by atoms with van der Waals surface area (Å²) in [7, 11) is 3.24. The minimum atomic E-state index is -0.664. The molecule has 23 heavy (non-hydrogen) atoms. The Bertz CT molecular complexity index is 644. The van der Waals surface area contributed by atoms with Gasteiger partial charge in [0.05, 0.1) is 14.2 Å². The van der Waals surface area contributed by atoms with Crippen molar-refractivity contribution >= 4 is 5.91 Å². The summed E-state index contributed by atoms with van der Waals surface area (Å²) < 4.78 is 10.5. The maximum atomic E-state index is 12.1. The van der Waals surface area contributed by atoms with Crippen LogP contribution in [0.5, 0.6) is 11.5 Å². The first-order chi connectivity index (χ1) is 11.2. The van der Waals surface area contributed by atoms with Gasteiger partial charge in [-0.1, -0.05) is 30.3 Å².